The lowest BCUT2D eigenvalue weighted by molar-refractivity contribution is -0.384. The third kappa shape index (κ3) is 2.94. The van der Waals surface area contributed by atoms with E-state index >= 15 is 0 Å². The first kappa shape index (κ1) is 17.6. The molecular formula is C20H15N3O5. The van der Waals surface area contributed by atoms with Gasteiger partial charge in [0.1, 0.15) is 5.82 Å². The highest BCUT2D eigenvalue weighted by Crippen LogP contribution is 2.28. The average Bonchev–Trinajstić information content (AvgIpc) is 3.10. The van der Waals surface area contributed by atoms with Gasteiger partial charge in [-0.1, -0.05) is 12.1 Å². The number of carbonyl (C=O) groups excluding carboxylic acids is 1. The number of benzene rings is 2. The van der Waals surface area contributed by atoms with Crippen LogP contribution < -0.4 is 5.56 Å². The average molecular weight is 377 g/mol. The fraction of sp³-hybridized carbons (Fsp3) is 0.150. The molecule has 8 nitrogen and oxygen atoms in total. The van der Waals surface area contributed by atoms with Gasteiger partial charge >= 0.3 is 5.97 Å². The molecule has 1 aromatic heterocycles. The van der Waals surface area contributed by atoms with Crippen molar-refractivity contribution in [3.63, 3.8) is 0 Å². The molecule has 3 aromatic rings. The fourth-order valence-corrected chi connectivity index (χ4v) is 3.29. The van der Waals surface area contributed by atoms with Gasteiger partial charge in [0.05, 0.1) is 28.5 Å². The quantitative estimate of drug-likeness (QED) is 0.395. The second-order valence-electron chi connectivity index (χ2n) is 6.38. The molecule has 140 valence electrons. The van der Waals surface area contributed by atoms with Crippen molar-refractivity contribution >= 4 is 34.2 Å². The van der Waals surface area contributed by atoms with E-state index in [1.165, 1.54) is 25.3 Å². The number of fused-ring (bicyclic) bond motifs is 2. The molecule has 0 fully saturated rings. The number of methoxy groups -OCH3 is 1. The molecule has 8 heteroatoms. The van der Waals surface area contributed by atoms with Crippen LogP contribution in [0.1, 0.15) is 28.2 Å². The van der Waals surface area contributed by atoms with Crippen LogP contribution in [-0.4, -0.2) is 27.6 Å². The number of aromatic nitrogens is 2. The Labute approximate surface area is 158 Å². The molecule has 0 spiro atoms. The van der Waals surface area contributed by atoms with E-state index in [0.717, 1.165) is 11.1 Å². The molecule has 0 aliphatic carbocycles. The number of nitrogens with zero attached hydrogens (tertiary/aromatic N) is 3. The summed E-state index contributed by atoms with van der Waals surface area (Å²) in [6.07, 6.45) is 2.52. The maximum absolute atomic E-state index is 12.7. The summed E-state index contributed by atoms with van der Waals surface area (Å²) in [6, 6.07) is 11.0. The minimum Gasteiger partial charge on any atom is -0.465 e. The van der Waals surface area contributed by atoms with Crippen molar-refractivity contribution < 1.29 is 14.5 Å². The largest absolute Gasteiger partial charge is 0.465 e. The van der Waals surface area contributed by atoms with E-state index in [-0.39, 0.29) is 11.2 Å². The van der Waals surface area contributed by atoms with Crippen molar-refractivity contribution in [2.24, 2.45) is 0 Å². The van der Waals surface area contributed by atoms with E-state index in [1.54, 1.807) is 28.8 Å². The maximum atomic E-state index is 12.7. The van der Waals surface area contributed by atoms with Crippen molar-refractivity contribution in [2.75, 3.05) is 7.11 Å². The number of esters is 1. The molecule has 0 amide bonds. The number of allylic oxidation sites excluding steroid dienone is 1. The van der Waals surface area contributed by atoms with Gasteiger partial charge in [0.25, 0.3) is 11.2 Å². The minimum atomic E-state index is -0.508. The van der Waals surface area contributed by atoms with Crippen LogP contribution in [0.15, 0.2) is 47.3 Å². The number of hydrogen-bond donors (Lipinski definition) is 0. The van der Waals surface area contributed by atoms with E-state index in [2.05, 4.69) is 9.72 Å². The van der Waals surface area contributed by atoms with Gasteiger partial charge in [0.15, 0.2) is 0 Å². The lowest BCUT2D eigenvalue weighted by Crippen LogP contribution is -2.20. The van der Waals surface area contributed by atoms with Crippen molar-refractivity contribution in [3.05, 3.63) is 79.9 Å². The maximum Gasteiger partial charge on any atom is 0.337 e. The Kier molecular flexibility index (Phi) is 4.23. The van der Waals surface area contributed by atoms with E-state index in [9.17, 15) is 19.7 Å². The number of rotatable bonds is 3. The minimum absolute atomic E-state index is 0.105. The summed E-state index contributed by atoms with van der Waals surface area (Å²) in [5.41, 5.74) is 2.15. The Morgan fingerprint density at radius 2 is 2.00 bits per heavy atom. The molecule has 0 bridgehead atoms. The number of carbonyl (C=O) groups is 1. The van der Waals surface area contributed by atoms with Crippen LogP contribution in [0.3, 0.4) is 0 Å². The molecule has 2 aromatic carbocycles. The second kappa shape index (κ2) is 6.73. The number of nitro benzene ring substituents is 1. The third-order valence-corrected chi connectivity index (χ3v) is 4.71. The van der Waals surface area contributed by atoms with Crippen molar-refractivity contribution in [1.82, 2.24) is 9.55 Å². The highest BCUT2D eigenvalue weighted by Gasteiger charge is 2.22. The van der Waals surface area contributed by atoms with E-state index in [1.807, 2.05) is 6.08 Å². The van der Waals surface area contributed by atoms with Crippen LogP contribution in [-0.2, 0) is 11.3 Å². The van der Waals surface area contributed by atoms with Crippen LogP contribution >= 0.6 is 0 Å². The summed E-state index contributed by atoms with van der Waals surface area (Å²) >= 11 is 0. The van der Waals surface area contributed by atoms with Gasteiger partial charge in [0.2, 0.25) is 0 Å². The molecule has 0 radical (unpaired) electrons. The Morgan fingerprint density at radius 3 is 2.68 bits per heavy atom. The van der Waals surface area contributed by atoms with Gasteiger partial charge in [-0.15, -0.1) is 0 Å². The molecule has 0 N–H and O–H groups in total. The van der Waals surface area contributed by atoms with Gasteiger partial charge in [0, 0.05) is 18.7 Å². The first-order valence-electron chi connectivity index (χ1n) is 8.56. The number of nitro groups is 1. The lowest BCUT2D eigenvalue weighted by atomic mass is 10.1. The molecule has 0 saturated heterocycles. The lowest BCUT2D eigenvalue weighted by Gasteiger charge is -2.06. The summed E-state index contributed by atoms with van der Waals surface area (Å²) < 4.78 is 6.27. The predicted molar refractivity (Wildman–Crippen MR) is 103 cm³/mol. The monoisotopic (exact) mass is 377 g/mol. The van der Waals surface area contributed by atoms with Crippen LogP contribution in [0.25, 0.3) is 22.6 Å². The van der Waals surface area contributed by atoms with Crippen molar-refractivity contribution in [3.8, 4) is 0 Å². The Hall–Kier alpha value is -3.81. The van der Waals surface area contributed by atoms with Gasteiger partial charge < -0.3 is 4.74 Å². The smallest absolute Gasteiger partial charge is 0.337 e. The standard InChI is InChI=1S/C20H15N3O5/c1-28-20(25)13-4-2-12(3-5-13)10-14-8-9-22-18(14)21-17-11-15(23(26)27)6-7-16(17)19(22)24/h2-7,10-11H,8-9H2,1H3. The molecule has 0 atom stereocenters. The first-order valence-corrected chi connectivity index (χ1v) is 8.56. The molecule has 2 heterocycles. The zero-order chi connectivity index (χ0) is 19.8. The van der Waals surface area contributed by atoms with Gasteiger partial charge in [-0.3, -0.25) is 19.5 Å². The molecule has 4 rings (SSSR count). The number of ether oxygens (including phenoxy) is 1. The summed E-state index contributed by atoms with van der Waals surface area (Å²) in [7, 11) is 1.33. The molecule has 0 saturated carbocycles. The van der Waals surface area contributed by atoms with E-state index < -0.39 is 10.9 Å². The van der Waals surface area contributed by atoms with Crippen LogP contribution in [0.4, 0.5) is 5.69 Å². The van der Waals surface area contributed by atoms with Crippen LogP contribution in [0, 0.1) is 10.1 Å². The summed E-state index contributed by atoms with van der Waals surface area (Å²) in [6.45, 7) is 0.500. The summed E-state index contributed by atoms with van der Waals surface area (Å²) in [5.74, 6) is 0.0988. The van der Waals surface area contributed by atoms with E-state index in [0.29, 0.717) is 35.3 Å². The fourth-order valence-electron chi connectivity index (χ4n) is 3.29. The highest BCUT2D eigenvalue weighted by molar-refractivity contribution is 5.90. The molecule has 0 unspecified atom stereocenters. The van der Waals surface area contributed by atoms with Gasteiger partial charge in [-0.25, -0.2) is 9.78 Å². The summed E-state index contributed by atoms with van der Waals surface area (Å²) in [5, 5.41) is 11.4. The topological polar surface area (TPSA) is 104 Å². The SMILES string of the molecule is COC(=O)c1ccc(C=C2CCn3c2nc2cc([N+](=O)[O-])ccc2c3=O)cc1. The van der Waals surface area contributed by atoms with Crippen LogP contribution in [0.5, 0.6) is 0 Å². The molecule has 1 aliphatic rings. The normalized spacial score (nSPS) is 14.2. The Morgan fingerprint density at radius 1 is 1.25 bits per heavy atom. The Bertz CT molecular complexity index is 1210. The molecule has 1 aliphatic heterocycles. The summed E-state index contributed by atoms with van der Waals surface area (Å²) in [4.78, 5) is 39.3. The van der Waals surface area contributed by atoms with Crippen molar-refractivity contribution in [1.29, 1.82) is 0 Å². The Balaban J connectivity index is 1.78. The number of hydrogen-bond acceptors (Lipinski definition) is 6. The van der Waals surface area contributed by atoms with Crippen LogP contribution in [0.2, 0.25) is 0 Å². The van der Waals surface area contributed by atoms with Gasteiger partial charge in [-0.05, 0) is 41.8 Å². The molecular weight excluding hydrogens is 362 g/mol. The zero-order valence-corrected chi connectivity index (χ0v) is 14.9. The van der Waals surface area contributed by atoms with Crippen molar-refractivity contribution in [2.45, 2.75) is 13.0 Å². The van der Waals surface area contributed by atoms with Gasteiger partial charge in [-0.2, -0.15) is 0 Å². The second-order valence-corrected chi connectivity index (χ2v) is 6.38. The molecule has 28 heavy (non-hydrogen) atoms. The zero-order valence-electron chi connectivity index (χ0n) is 14.9. The first-order chi connectivity index (χ1) is 13.5. The predicted octanol–water partition coefficient (Wildman–Crippen LogP) is 3.04. The number of non-ortho nitro benzene ring substituents is 1. The van der Waals surface area contributed by atoms with E-state index in [4.69, 9.17) is 0 Å². The highest BCUT2D eigenvalue weighted by atomic mass is 16.6. The third-order valence-electron chi connectivity index (χ3n) is 4.71.